The van der Waals surface area contributed by atoms with Crippen LogP contribution in [0.4, 0.5) is 0 Å². The zero-order valence-electron chi connectivity index (χ0n) is 8.29. The Kier molecular flexibility index (Phi) is 15.5. The molecule has 0 aromatic heterocycles. The molecule has 0 amide bonds. The minimum absolute atomic E-state index is 0. The molecule has 0 unspecified atom stereocenters. The van der Waals surface area contributed by atoms with Crippen molar-refractivity contribution in [1.29, 1.82) is 0 Å². The van der Waals surface area contributed by atoms with Gasteiger partial charge in [0.1, 0.15) is 5.08 Å². The second-order valence-electron chi connectivity index (χ2n) is 1.97. The van der Waals surface area contributed by atoms with E-state index in [-0.39, 0.29) is 95.6 Å². The van der Waals surface area contributed by atoms with Gasteiger partial charge in [0.05, 0.1) is 0 Å². The van der Waals surface area contributed by atoms with Gasteiger partial charge in [-0.25, -0.2) is 0 Å². The first-order chi connectivity index (χ1) is 4.50. The largest absolute Gasteiger partial charge is 1.00 e. The van der Waals surface area contributed by atoms with E-state index in [1.165, 1.54) is 0 Å². The molecule has 0 spiro atoms. The molecule has 0 saturated carbocycles. The van der Waals surface area contributed by atoms with Crippen molar-refractivity contribution >= 4 is 15.2 Å². The average molecular weight is 271 g/mol. The number of rotatable bonds is 2. The van der Waals surface area contributed by atoms with Crippen LogP contribution in [0.2, 0.25) is 0 Å². The van der Waals surface area contributed by atoms with Crippen molar-refractivity contribution in [3.05, 3.63) is 0 Å². The maximum absolute atomic E-state index is 9.95. The van der Waals surface area contributed by atoms with Gasteiger partial charge >= 0.3 is 88.7 Å². The summed E-state index contributed by atoms with van der Waals surface area (Å²) in [7, 11) is -11.6. The van der Waals surface area contributed by atoms with E-state index in [2.05, 4.69) is 0 Å². The summed E-state index contributed by atoms with van der Waals surface area (Å²) in [5, 5.41) is 4.68. The second-order valence-corrected chi connectivity index (χ2v) is 6.05. The fourth-order valence-corrected chi connectivity index (χ4v) is 1.35. The Morgan fingerprint density at radius 3 is 1.07 bits per heavy atom. The van der Waals surface area contributed by atoms with Gasteiger partial charge in [0.15, 0.2) is 0 Å². The van der Waals surface area contributed by atoms with Gasteiger partial charge in [-0.2, -0.15) is 0 Å². The van der Waals surface area contributed by atoms with Gasteiger partial charge in [-0.1, -0.05) is 0 Å². The minimum atomic E-state index is -5.82. The van der Waals surface area contributed by atoms with Crippen LogP contribution in [0.1, 0.15) is 6.92 Å². The van der Waals surface area contributed by atoms with Gasteiger partial charge in [-0.3, -0.25) is 0 Å². The Morgan fingerprint density at radius 1 is 0.929 bits per heavy atom. The van der Waals surface area contributed by atoms with E-state index in [4.69, 9.17) is 5.11 Å². The Bertz CT molecular complexity index is 217. The van der Waals surface area contributed by atoms with Crippen molar-refractivity contribution in [1.82, 2.24) is 0 Å². The summed E-state index contributed by atoms with van der Waals surface area (Å²) in [4.78, 5) is 39.8. The molecule has 7 nitrogen and oxygen atoms in total. The van der Waals surface area contributed by atoms with Crippen molar-refractivity contribution < 1.29 is 122 Å². The first-order valence-corrected chi connectivity index (χ1v) is 5.35. The van der Waals surface area contributed by atoms with Gasteiger partial charge < -0.3 is 33.8 Å². The van der Waals surface area contributed by atoms with Gasteiger partial charge in [0.2, 0.25) is 0 Å². The molecule has 0 aliphatic carbocycles. The molecular formula is C2H4Na3O7P2-. The summed E-state index contributed by atoms with van der Waals surface area (Å²) in [6.45, 7) is 0.133. The number of aliphatic hydroxyl groups is 1. The monoisotopic (exact) mass is 271 g/mol. The molecule has 0 bridgehead atoms. The molecule has 0 fully saturated rings. The third-order valence-corrected chi connectivity index (χ3v) is 4.58. The maximum Gasteiger partial charge on any atom is 1.00 e. The molecule has 12 heteroatoms. The molecule has 0 radical (unpaired) electrons. The fraction of sp³-hybridized carbons (Fsp3) is 1.00. The molecule has 0 aromatic rings. The Balaban J connectivity index is -0.000000167. The predicted molar refractivity (Wildman–Crippen MR) is 25.8 cm³/mol. The predicted octanol–water partition coefficient (Wildman–Crippen LogP) is -12.5. The molecule has 68 valence electrons. The summed E-state index contributed by atoms with van der Waals surface area (Å²) in [5.74, 6) is 0. The van der Waals surface area contributed by atoms with Crippen molar-refractivity contribution in [3.8, 4) is 0 Å². The molecule has 14 heavy (non-hydrogen) atoms. The van der Waals surface area contributed by atoms with Crippen LogP contribution in [0.15, 0.2) is 0 Å². The SMILES string of the molecule is CC(O)(P(=O)([O-])[O-])P(=O)([O-])[O-].[Na+].[Na+].[Na+]. The van der Waals surface area contributed by atoms with Crippen molar-refractivity contribution in [2.24, 2.45) is 0 Å². The molecule has 1 N–H and O–H groups in total. The molecule has 0 atom stereocenters. The minimum Gasteiger partial charge on any atom is -0.808 e. The van der Waals surface area contributed by atoms with Gasteiger partial charge in [0.25, 0.3) is 0 Å². The third kappa shape index (κ3) is 6.87. The molecule has 0 saturated heterocycles. The molecule has 0 aromatic carbocycles. The molecule has 0 aliphatic rings. The first kappa shape index (κ1) is 26.0. The average Bonchev–Trinajstić information content (AvgIpc) is 1.58. The summed E-state index contributed by atoms with van der Waals surface area (Å²) in [5.41, 5.74) is 0. The van der Waals surface area contributed by atoms with E-state index in [0.717, 1.165) is 0 Å². The van der Waals surface area contributed by atoms with E-state index in [0.29, 0.717) is 0 Å². The van der Waals surface area contributed by atoms with Crippen LogP contribution in [-0.2, 0) is 9.13 Å². The summed E-state index contributed by atoms with van der Waals surface area (Å²) >= 11 is 0. The van der Waals surface area contributed by atoms with Crippen LogP contribution >= 0.6 is 15.2 Å². The van der Waals surface area contributed by atoms with Gasteiger partial charge in [-0.15, -0.1) is 0 Å². The molecule has 0 aliphatic heterocycles. The van der Waals surface area contributed by atoms with Crippen LogP contribution in [0.3, 0.4) is 0 Å². The van der Waals surface area contributed by atoms with Crippen molar-refractivity contribution in [2.75, 3.05) is 0 Å². The van der Waals surface area contributed by atoms with Crippen LogP contribution < -0.4 is 108 Å². The zero-order chi connectivity index (χ0) is 9.50. The summed E-state index contributed by atoms with van der Waals surface area (Å²) in [6, 6.07) is 0. The Labute approximate surface area is 147 Å². The first-order valence-electron chi connectivity index (χ1n) is 2.27. The van der Waals surface area contributed by atoms with Gasteiger partial charge in [0, 0.05) is 0 Å². The van der Waals surface area contributed by atoms with Crippen molar-refractivity contribution in [3.63, 3.8) is 0 Å². The van der Waals surface area contributed by atoms with Crippen LogP contribution in [0.25, 0.3) is 0 Å². The molecule has 0 heterocycles. The van der Waals surface area contributed by atoms with E-state index in [1.807, 2.05) is 0 Å². The van der Waals surface area contributed by atoms with Crippen LogP contribution in [0, 0.1) is 0 Å². The topological polar surface area (TPSA) is 147 Å². The van der Waals surface area contributed by atoms with Gasteiger partial charge in [-0.05, 0) is 22.1 Å². The standard InChI is InChI=1S/C2H8O7P2.3Na/c1-2(3,10(4,5)6)11(7,8)9;;;/h3H,1H3,(H2,4,5,6)(H2,7,8,9);;;/q;3*+1/p-4. The van der Waals surface area contributed by atoms with E-state index in [9.17, 15) is 28.7 Å². The van der Waals surface area contributed by atoms with Crippen LogP contribution in [-0.4, -0.2) is 10.2 Å². The van der Waals surface area contributed by atoms with E-state index < -0.39 is 20.3 Å². The number of hydrogen-bond donors (Lipinski definition) is 1. The number of hydrogen-bond acceptors (Lipinski definition) is 7. The fourth-order valence-electron chi connectivity index (χ4n) is 0.150. The quantitative estimate of drug-likeness (QED) is 0.387. The maximum atomic E-state index is 9.95. The van der Waals surface area contributed by atoms with Crippen LogP contribution in [0.5, 0.6) is 0 Å². The molecule has 0 rings (SSSR count). The van der Waals surface area contributed by atoms with Crippen molar-refractivity contribution in [2.45, 2.75) is 12.0 Å². The second kappa shape index (κ2) is 8.38. The molecular weight excluding hydrogens is 267 g/mol. The smallest absolute Gasteiger partial charge is 0.808 e. The Morgan fingerprint density at radius 2 is 1.07 bits per heavy atom. The summed E-state index contributed by atoms with van der Waals surface area (Å²) < 4.78 is 19.9. The zero-order valence-corrected chi connectivity index (χ0v) is 16.1. The summed E-state index contributed by atoms with van der Waals surface area (Å²) in [6.07, 6.45) is 0. The third-order valence-electron chi connectivity index (χ3n) is 1.04. The van der Waals surface area contributed by atoms with E-state index >= 15 is 0 Å². The normalized spacial score (nSPS) is 11.9. The van der Waals surface area contributed by atoms with E-state index in [1.54, 1.807) is 0 Å². The Hall–Kier alpha value is 3.26.